The van der Waals surface area contributed by atoms with Crippen LogP contribution < -0.4 is 5.32 Å². The smallest absolute Gasteiger partial charge is 0.117 e. The standard InChI is InChI=1S/C16H17N5/c1-12(13-7-9-17-10-8-13)18-11-15-16(20-21-19-15)14-5-3-2-4-6-14/h2-10,12,18H,11H2,1H3,(H,19,20,21)/t12-/m1/s1. The van der Waals surface area contributed by atoms with Gasteiger partial charge in [-0.2, -0.15) is 15.4 Å². The van der Waals surface area contributed by atoms with Crippen LogP contribution in [0.15, 0.2) is 54.9 Å². The van der Waals surface area contributed by atoms with E-state index in [0.29, 0.717) is 6.54 Å². The second-order valence-electron chi connectivity index (χ2n) is 4.87. The zero-order valence-corrected chi connectivity index (χ0v) is 11.8. The molecule has 106 valence electrons. The molecule has 0 aliphatic carbocycles. The molecule has 2 N–H and O–H groups in total. The zero-order valence-electron chi connectivity index (χ0n) is 11.8. The Morgan fingerprint density at radius 1 is 1.05 bits per heavy atom. The molecule has 5 nitrogen and oxygen atoms in total. The Morgan fingerprint density at radius 2 is 1.81 bits per heavy atom. The third-order valence-electron chi connectivity index (χ3n) is 3.45. The average Bonchev–Trinajstić information content (AvgIpc) is 3.03. The molecule has 2 heterocycles. The zero-order chi connectivity index (χ0) is 14.5. The largest absolute Gasteiger partial charge is 0.304 e. The number of nitrogens with zero attached hydrogens (tertiary/aromatic N) is 3. The van der Waals surface area contributed by atoms with Crippen molar-refractivity contribution in [3.8, 4) is 11.3 Å². The van der Waals surface area contributed by atoms with Crippen molar-refractivity contribution in [1.29, 1.82) is 0 Å². The van der Waals surface area contributed by atoms with Crippen molar-refractivity contribution >= 4 is 0 Å². The first-order valence-corrected chi connectivity index (χ1v) is 6.93. The summed E-state index contributed by atoms with van der Waals surface area (Å²) in [6.07, 6.45) is 3.61. The first kappa shape index (κ1) is 13.5. The van der Waals surface area contributed by atoms with Crippen LogP contribution in [0.4, 0.5) is 0 Å². The van der Waals surface area contributed by atoms with Gasteiger partial charge in [-0.25, -0.2) is 0 Å². The van der Waals surface area contributed by atoms with Crippen LogP contribution in [0.1, 0.15) is 24.2 Å². The molecule has 0 bridgehead atoms. The first-order chi connectivity index (χ1) is 10.3. The lowest BCUT2D eigenvalue weighted by atomic mass is 10.1. The van der Waals surface area contributed by atoms with Gasteiger partial charge in [0.05, 0.1) is 0 Å². The molecule has 21 heavy (non-hydrogen) atoms. The van der Waals surface area contributed by atoms with E-state index in [1.165, 1.54) is 5.56 Å². The second-order valence-corrected chi connectivity index (χ2v) is 4.87. The fourth-order valence-electron chi connectivity index (χ4n) is 2.22. The fourth-order valence-corrected chi connectivity index (χ4v) is 2.22. The molecule has 0 fully saturated rings. The van der Waals surface area contributed by atoms with E-state index in [2.05, 4.69) is 32.6 Å². The third-order valence-corrected chi connectivity index (χ3v) is 3.45. The number of benzene rings is 1. The SMILES string of the molecule is C[C@@H](NCc1n[nH]nc1-c1ccccc1)c1ccncc1. The summed E-state index contributed by atoms with van der Waals surface area (Å²) in [6, 6.07) is 14.3. The van der Waals surface area contributed by atoms with Gasteiger partial charge < -0.3 is 5.32 Å². The highest BCUT2D eigenvalue weighted by Gasteiger charge is 2.11. The number of aromatic nitrogens is 4. The number of hydrogen-bond donors (Lipinski definition) is 2. The molecule has 0 unspecified atom stereocenters. The van der Waals surface area contributed by atoms with Crippen LogP contribution >= 0.6 is 0 Å². The van der Waals surface area contributed by atoms with E-state index in [4.69, 9.17) is 0 Å². The maximum absolute atomic E-state index is 4.25. The molecular weight excluding hydrogens is 262 g/mol. The number of H-pyrrole nitrogens is 1. The molecule has 0 radical (unpaired) electrons. The summed E-state index contributed by atoms with van der Waals surface area (Å²) in [7, 11) is 0. The van der Waals surface area contributed by atoms with Gasteiger partial charge in [0.25, 0.3) is 0 Å². The number of rotatable bonds is 5. The molecule has 3 rings (SSSR count). The van der Waals surface area contributed by atoms with Gasteiger partial charge in [0.15, 0.2) is 0 Å². The maximum Gasteiger partial charge on any atom is 0.117 e. The van der Waals surface area contributed by atoms with E-state index < -0.39 is 0 Å². The molecule has 2 aromatic heterocycles. The monoisotopic (exact) mass is 279 g/mol. The Bertz CT molecular complexity index is 678. The fraction of sp³-hybridized carbons (Fsp3) is 0.188. The summed E-state index contributed by atoms with van der Waals surface area (Å²) in [5.41, 5.74) is 4.08. The minimum absolute atomic E-state index is 0.230. The first-order valence-electron chi connectivity index (χ1n) is 6.93. The van der Waals surface area contributed by atoms with Gasteiger partial charge in [-0.1, -0.05) is 30.3 Å². The molecule has 5 heteroatoms. The van der Waals surface area contributed by atoms with Gasteiger partial charge in [-0.05, 0) is 24.6 Å². The van der Waals surface area contributed by atoms with Gasteiger partial charge in [0.1, 0.15) is 11.4 Å². The maximum atomic E-state index is 4.25. The summed E-state index contributed by atoms with van der Waals surface area (Å²) in [5, 5.41) is 14.7. The summed E-state index contributed by atoms with van der Waals surface area (Å²) < 4.78 is 0. The summed E-state index contributed by atoms with van der Waals surface area (Å²) >= 11 is 0. The van der Waals surface area contributed by atoms with Crippen LogP contribution in [-0.4, -0.2) is 20.4 Å². The lowest BCUT2D eigenvalue weighted by Crippen LogP contribution is -2.18. The summed E-state index contributed by atoms with van der Waals surface area (Å²) in [4.78, 5) is 4.04. The van der Waals surface area contributed by atoms with E-state index in [-0.39, 0.29) is 6.04 Å². The molecule has 1 atom stereocenters. The van der Waals surface area contributed by atoms with Crippen LogP contribution in [-0.2, 0) is 6.54 Å². The van der Waals surface area contributed by atoms with Crippen LogP contribution in [0, 0.1) is 0 Å². The van der Waals surface area contributed by atoms with Gasteiger partial charge in [0.2, 0.25) is 0 Å². The third kappa shape index (κ3) is 3.14. The Kier molecular flexibility index (Phi) is 4.02. The van der Waals surface area contributed by atoms with E-state index in [1.54, 1.807) is 12.4 Å². The van der Waals surface area contributed by atoms with Crippen molar-refractivity contribution < 1.29 is 0 Å². The second kappa shape index (κ2) is 6.28. The van der Waals surface area contributed by atoms with Crippen LogP contribution in [0.2, 0.25) is 0 Å². The van der Waals surface area contributed by atoms with Gasteiger partial charge >= 0.3 is 0 Å². The highest BCUT2D eigenvalue weighted by atomic mass is 15.3. The Labute approximate surface area is 123 Å². The molecule has 0 spiro atoms. The van der Waals surface area contributed by atoms with Gasteiger partial charge in [-0.15, -0.1) is 0 Å². The van der Waals surface area contributed by atoms with Gasteiger partial charge in [-0.3, -0.25) is 4.98 Å². The van der Waals surface area contributed by atoms with Crippen molar-refractivity contribution in [2.24, 2.45) is 0 Å². The number of aromatic amines is 1. The van der Waals surface area contributed by atoms with E-state index in [9.17, 15) is 0 Å². The lowest BCUT2D eigenvalue weighted by Gasteiger charge is -2.13. The number of nitrogens with one attached hydrogen (secondary N) is 2. The predicted molar refractivity (Wildman–Crippen MR) is 81.3 cm³/mol. The van der Waals surface area contributed by atoms with Crippen molar-refractivity contribution in [1.82, 2.24) is 25.7 Å². The molecule has 0 saturated carbocycles. The highest BCUT2D eigenvalue weighted by molar-refractivity contribution is 5.60. The van der Waals surface area contributed by atoms with Crippen LogP contribution in [0.25, 0.3) is 11.3 Å². The predicted octanol–water partition coefficient (Wildman–Crippen LogP) is 2.72. The number of hydrogen-bond acceptors (Lipinski definition) is 4. The summed E-state index contributed by atoms with van der Waals surface area (Å²) in [6.45, 7) is 2.78. The van der Waals surface area contributed by atoms with Crippen molar-refractivity contribution in [3.05, 3.63) is 66.1 Å². The molecular formula is C16H17N5. The Hall–Kier alpha value is -2.53. The molecule has 3 aromatic rings. The van der Waals surface area contributed by atoms with Crippen LogP contribution in [0.5, 0.6) is 0 Å². The molecule has 0 aliphatic heterocycles. The van der Waals surface area contributed by atoms with Gasteiger partial charge in [0, 0.05) is 30.5 Å². The molecule has 0 saturated heterocycles. The lowest BCUT2D eigenvalue weighted by molar-refractivity contribution is 0.567. The molecule has 0 amide bonds. The van der Waals surface area contributed by atoms with E-state index >= 15 is 0 Å². The van der Waals surface area contributed by atoms with E-state index in [1.807, 2.05) is 42.5 Å². The Morgan fingerprint density at radius 3 is 2.57 bits per heavy atom. The normalized spacial score (nSPS) is 12.2. The topological polar surface area (TPSA) is 66.5 Å². The molecule has 0 aliphatic rings. The Balaban J connectivity index is 1.71. The minimum atomic E-state index is 0.230. The van der Waals surface area contributed by atoms with Crippen molar-refractivity contribution in [3.63, 3.8) is 0 Å². The minimum Gasteiger partial charge on any atom is -0.304 e. The average molecular weight is 279 g/mol. The van der Waals surface area contributed by atoms with E-state index in [0.717, 1.165) is 17.0 Å². The van der Waals surface area contributed by atoms with Crippen molar-refractivity contribution in [2.75, 3.05) is 0 Å². The van der Waals surface area contributed by atoms with Crippen molar-refractivity contribution in [2.45, 2.75) is 19.5 Å². The summed E-state index contributed by atoms with van der Waals surface area (Å²) in [5.74, 6) is 0. The molecule has 1 aromatic carbocycles. The number of pyridine rings is 1. The quantitative estimate of drug-likeness (QED) is 0.753. The highest BCUT2D eigenvalue weighted by Crippen LogP contribution is 2.19. The van der Waals surface area contributed by atoms with Crippen LogP contribution in [0.3, 0.4) is 0 Å².